The summed E-state index contributed by atoms with van der Waals surface area (Å²) in [5, 5.41) is 19.8. The van der Waals surface area contributed by atoms with Crippen LogP contribution in [-0.2, 0) is 23.4 Å². The maximum Gasteiger partial charge on any atom is 0.321 e. The molecule has 0 aromatic carbocycles. The number of fused-ring (bicyclic) bond motifs is 1. The fraction of sp³-hybridized carbons (Fsp3) is 0.636. The molecule has 34 heavy (non-hydrogen) atoms. The molecule has 186 valence electrons. The predicted molar refractivity (Wildman–Crippen MR) is 123 cm³/mol. The summed E-state index contributed by atoms with van der Waals surface area (Å²) in [7, 11) is 3.54. The zero-order valence-corrected chi connectivity index (χ0v) is 20.3. The van der Waals surface area contributed by atoms with Crippen LogP contribution in [0, 0.1) is 5.82 Å². The number of piperazine rings is 1. The normalized spacial score (nSPS) is 22.2. The van der Waals surface area contributed by atoms with Crippen molar-refractivity contribution in [1.82, 2.24) is 34.9 Å². The van der Waals surface area contributed by atoms with Gasteiger partial charge in [-0.05, 0) is 34.2 Å². The van der Waals surface area contributed by atoms with Gasteiger partial charge < -0.3 is 25.0 Å². The van der Waals surface area contributed by atoms with Gasteiger partial charge >= 0.3 is 6.03 Å². The minimum Gasteiger partial charge on any atom is -0.396 e. The summed E-state index contributed by atoms with van der Waals surface area (Å²) in [6.45, 7) is 7.81. The highest BCUT2D eigenvalue weighted by Crippen LogP contribution is 2.42. The molecule has 1 saturated heterocycles. The number of hydrogen-bond donors (Lipinski definition) is 3. The molecule has 1 fully saturated rings. The largest absolute Gasteiger partial charge is 0.396 e. The fourth-order valence-electron chi connectivity index (χ4n) is 4.82. The quantitative estimate of drug-likeness (QED) is 0.577. The van der Waals surface area contributed by atoms with Gasteiger partial charge in [0.25, 0.3) is 0 Å². The van der Waals surface area contributed by atoms with E-state index in [1.807, 2.05) is 37.6 Å². The van der Waals surface area contributed by atoms with Crippen molar-refractivity contribution in [2.75, 3.05) is 39.2 Å². The number of halogens is 1. The van der Waals surface area contributed by atoms with Crippen LogP contribution in [0.2, 0.25) is 0 Å². The minimum atomic E-state index is -0.639. The van der Waals surface area contributed by atoms with Gasteiger partial charge in [0, 0.05) is 44.5 Å². The van der Waals surface area contributed by atoms with Crippen LogP contribution in [-0.4, -0.2) is 91.9 Å². The predicted octanol–water partition coefficient (Wildman–Crippen LogP) is 1.79. The van der Waals surface area contributed by atoms with E-state index in [0.29, 0.717) is 31.2 Å². The Morgan fingerprint density at radius 3 is 2.85 bits per heavy atom. The second-order valence-electron chi connectivity index (χ2n) is 9.50. The number of methoxy groups -OCH3 is 1. The third-order valence-corrected chi connectivity index (χ3v) is 6.83. The number of aromatic amines is 1. The van der Waals surface area contributed by atoms with Gasteiger partial charge in [0.15, 0.2) is 23.3 Å². The van der Waals surface area contributed by atoms with Gasteiger partial charge in [0.05, 0.1) is 24.0 Å². The Balaban J connectivity index is 1.56. The van der Waals surface area contributed by atoms with E-state index in [9.17, 15) is 14.3 Å². The zero-order chi connectivity index (χ0) is 24.6. The molecule has 0 unspecified atom stereocenters. The van der Waals surface area contributed by atoms with Gasteiger partial charge in [0.2, 0.25) is 0 Å². The standard InChI is InChI=1S/C22H33FN8O3/c1-13-9-29(4)14(6-7-32)10-30(13)21(33)31-11-15-18(22(31,2)3)27-28-19(15)26-20-16(23)8-24-17(25-20)12-34-5/h8,13-14,32H,6-7,9-12H2,1-5H3,(H2,24,25,26,27,28)/t13-,14+/m0/s1. The number of nitrogens with zero attached hydrogens (tertiary/aromatic N) is 6. The highest BCUT2D eigenvalue weighted by Gasteiger charge is 2.46. The number of amides is 2. The van der Waals surface area contributed by atoms with E-state index in [0.717, 1.165) is 24.0 Å². The molecule has 12 heteroatoms. The number of aliphatic hydroxyl groups excluding tert-OH is 1. The van der Waals surface area contributed by atoms with Crippen LogP contribution in [0.5, 0.6) is 0 Å². The minimum absolute atomic E-state index is 0.00142. The van der Waals surface area contributed by atoms with Crippen molar-refractivity contribution in [2.45, 2.75) is 58.0 Å². The second kappa shape index (κ2) is 9.43. The highest BCUT2D eigenvalue weighted by molar-refractivity contribution is 5.78. The summed E-state index contributed by atoms with van der Waals surface area (Å²) in [5.74, 6) is 0.155. The lowest BCUT2D eigenvalue weighted by Crippen LogP contribution is -2.61. The summed E-state index contributed by atoms with van der Waals surface area (Å²) >= 11 is 0. The number of carbonyl (C=O) groups is 1. The van der Waals surface area contributed by atoms with Crippen molar-refractivity contribution >= 4 is 17.7 Å². The summed E-state index contributed by atoms with van der Waals surface area (Å²) in [6, 6.07) is 0.0709. The van der Waals surface area contributed by atoms with E-state index in [4.69, 9.17) is 4.74 Å². The number of anilines is 2. The fourth-order valence-corrected chi connectivity index (χ4v) is 4.82. The number of likely N-dealkylation sites (N-methyl/N-ethyl adjacent to an activating group) is 1. The Morgan fingerprint density at radius 1 is 1.38 bits per heavy atom. The number of nitrogens with one attached hydrogen (secondary N) is 2. The van der Waals surface area contributed by atoms with Gasteiger partial charge in [-0.15, -0.1) is 0 Å². The van der Waals surface area contributed by atoms with Gasteiger partial charge in [-0.25, -0.2) is 19.2 Å². The van der Waals surface area contributed by atoms with Crippen LogP contribution in [0.15, 0.2) is 6.20 Å². The van der Waals surface area contributed by atoms with E-state index >= 15 is 0 Å². The molecule has 0 radical (unpaired) electrons. The number of ether oxygens (including phenoxy) is 1. The van der Waals surface area contributed by atoms with Gasteiger partial charge in [-0.2, -0.15) is 5.10 Å². The molecule has 0 spiro atoms. The van der Waals surface area contributed by atoms with Crippen LogP contribution in [0.3, 0.4) is 0 Å². The summed E-state index contributed by atoms with van der Waals surface area (Å²) < 4.78 is 19.4. The number of rotatable bonds is 6. The smallest absolute Gasteiger partial charge is 0.321 e. The molecule has 2 aromatic heterocycles. The molecule has 4 heterocycles. The average molecular weight is 477 g/mol. The van der Waals surface area contributed by atoms with Crippen molar-refractivity contribution in [2.24, 2.45) is 0 Å². The lowest BCUT2D eigenvalue weighted by molar-refractivity contribution is 0.0337. The summed E-state index contributed by atoms with van der Waals surface area (Å²) in [6.07, 6.45) is 1.71. The van der Waals surface area contributed by atoms with Gasteiger partial charge in [0.1, 0.15) is 6.61 Å². The third kappa shape index (κ3) is 4.32. The zero-order valence-electron chi connectivity index (χ0n) is 20.3. The molecule has 0 aliphatic carbocycles. The topological polar surface area (TPSA) is 123 Å². The Bertz CT molecular complexity index is 1050. The average Bonchev–Trinajstić information content (AvgIpc) is 3.30. The Labute approximate surface area is 198 Å². The van der Waals surface area contributed by atoms with Crippen molar-refractivity contribution in [3.8, 4) is 0 Å². The highest BCUT2D eigenvalue weighted by atomic mass is 19.1. The van der Waals surface area contributed by atoms with Crippen molar-refractivity contribution in [3.05, 3.63) is 29.1 Å². The monoisotopic (exact) mass is 476 g/mol. The summed E-state index contributed by atoms with van der Waals surface area (Å²) in [4.78, 5) is 27.7. The van der Waals surface area contributed by atoms with Gasteiger partial charge in [-0.1, -0.05) is 0 Å². The molecule has 3 N–H and O–H groups in total. The van der Waals surface area contributed by atoms with Crippen LogP contribution >= 0.6 is 0 Å². The Kier molecular flexibility index (Phi) is 6.74. The second-order valence-corrected chi connectivity index (χ2v) is 9.50. The van der Waals surface area contributed by atoms with Crippen LogP contribution < -0.4 is 5.32 Å². The molecular weight excluding hydrogens is 443 g/mol. The Hall–Kier alpha value is -2.83. The van der Waals surface area contributed by atoms with Crippen LogP contribution in [0.25, 0.3) is 0 Å². The van der Waals surface area contributed by atoms with E-state index in [-0.39, 0.29) is 37.1 Å². The molecule has 2 aliphatic heterocycles. The molecule has 2 atom stereocenters. The number of carbonyl (C=O) groups excluding carboxylic acids is 1. The SMILES string of the molecule is COCc1ncc(F)c(Nc2n[nH]c3c2CN(C(=O)N2C[C@@H](CCO)N(C)C[C@@H]2C)C3(C)C)n1. The number of aliphatic hydroxyl groups is 1. The van der Waals surface area contributed by atoms with Crippen LogP contribution in [0.4, 0.5) is 20.8 Å². The van der Waals surface area contributed by atoms with Crippen molar-refractivity contribution in [3.63, 3.8) is 0 Å². The molecule has 2 aliphatic rings. The molecule has 4 rings (SSSR count). The van der Waals surface area contributed by atoms with E-state index in [2.05, 4.69) is 30.4 Å². The molecule has 0 saturated carbocycles. The van der Waals surface area contributed by atoms with E-state index < -0.39 is 11.4 Å². The molecular formula is C22H33FN8O3. The van der Waals surface area contributed by atoms with Crippen LogP contribution in [0.1, 0.15) is 44.3 Å². The Morgan fingerprint density at radius 2 is 2.15 bits per heavy atom. The van der Waals surface area contributed by atoms with Crippen molar-refractivity contribution in [1.29, 1.82) is 0 Å². The molecule has 0 bridgehead atoms. The first kappa shape index (κ1) is 24.3. The number of hydrogen-bond acceptors (Lipinski definition) is 8. The number of H-pyrrole nitrogens is 1. The van der Waals surface area contributed by atoms with Crippen molar-refractivity contribution < 1.29 is 19.0 Å². The first-order chi connectivity index (χ1) is 16.2. The first-order valence-electron chi connectivity index (χ1n) is 11.4. The van der Waals surface area contributed by atoms with Gasteiger partial charge in [-0.3, -0.25) is 10.00 Å². The molecule has 2 aromatic rings. The summed E-state index contributed by atoms with van der Waals surface area (Å²) in [5.41, 5.74) is 0.947. The first-order valence-corrected chi connectivity index (χ1v) is 11.4. The number of urea groups is 1. The molecule has 11 nitrogen and oxygen atoms in total. The molecule has 2 amide bonds. The van der Waals surface area contributed by atoms with E-state index in [1.54, 1.807) is 0 Å². The number of aromatic nitrogens is 4. The lowest BCUT2D eigenvalue weighted by Gasteiger charge is -2.46. The maximum absolute atomic E-state index is 14.4. The lowest BCUT2D eigenvalue weighted by atomic mass is 10.0. The maximum atomic E-state index is 14.4. The van der Waals surface area contributed by atoms with E-state index in [1.165, 1.54) is 7.11 Å². The third-order valence-electron chi connectivity index (χ3n) is 6.83.